The minimum absolute atomic E-state index is 0.00391. The Labute approximate surface area is 140 Å². The number of hydrogen-bond donors (Lipinski definition) is 0. The van der Waals surface area contributed by atoms with Gasteiger partial charge in [0.25, 0.3) is 5.56 Å². The third-order valence-electron chi connectivity index (χ3n) is 4.56. The second-order valence-corrected chi connectivity index (χ2v) is 5.92. The molecule has 3 aromatic rings. The molecule has 0 radical (unpaired) electrons. The predicted molar refractivity (Wildman–Crippen MR) is 88.5 cm³/mol. The molecule has 0 saturated carbocycles. The summed E-state index contributed by atoms with van der Waals surface area (Å²) >= 11 is 0. The van der Waals surface area contributed by atoms with Crippen LogP contribution in [0.5, 0.6) is 0 Å². The number of fused-ring (bicyclic) bond motifs is 2. The lowest BCUT2D eigenvalue weighted by Gasteiger charge is -2.11. The summed E-state index contributed by atoms with van der Waals surface area (Å²) in [6.07, 6.45) is 1.29. The summed E-state index contributed by atoms with van der Waals surface area (Å²) in [7, 11) is 0. The van der Waals surface area contributed by atoms with Crippen LogP contribution in [0.4, 0.5) is 0 Å². The van der Waals surface area contributed by atoms with Gasteiger partial charge in [-0.3, -0.25) is 18.5 Å². The molecule has 0 atom stereocenters. The van der Waals surface area contributed by atoms with Gasteiger partial charge in [-0.1, -0.05) is 12.1 Å². The highest BCUT2D eigenvalue weighted by Gasteiger charge is 2.22. The zero-order chi connectivity index (χ0) is 17.6. The molecule has 1 aromatic carbocycles. The van der Waals surface area contributed by atoms with Gasteiger partial charge in [-0.15, -0.1) is 0 Å². The summed E-state index contributed by atoms with van der Waals surface area (Å²) < 4.78 is 9.04. The van der Waals surface area contributed by atoms with Gasteiger partial charge in [0.15, 0.2) is 5.58 Å². The number of nitrogens with zero attached hydrogens (tertiary/aromatic N) is 4. The molecule has 4 rings (SSSR count). The molecule has 2 aromatic heterocycles. The zero-order valence-corrected chi connectivity index (χ0v) is 13.3. The highest BCUT2D eigenvalue weighted by atomic mass is 16.4. The summed E-state index contributed by atoms with van der Waals surface area (Å²) in [6.45, 7) is 0.600. The Kier molecular flexibility index (Phi) is 3.42. The van der Waals surface area contributed by atoms with E-state index >= 15 is 0 Å². The predicted octanol–water partition coefficient (Wildman–Crippen LogP) is 0.436. The smallest absolute Gasteiger partial charge is 0.408 e. The Morgan fingerprint density at radius 3 is 2.68 bits per heavy atom. The first-order valence-corrected chi connectivity index (χ1v) is 7.97. The van der Waals surface area contributed by atoms with Crippen molar-refractivity contribution in [1.82, 2.24) is 13.7 Å². The molecule has 0 aliphatic carbocycles. The molecule has 0 saturated heterocycles. The number of aryl methyl sites for hydroxylation is 1. The number of benzene rings is 1. The lowest BCUT2D eigenvalue weighted by molar-refractivity contribution is 0.466. The summed E-state index contributed by atoms with van der Waals surface area (Å²) in [5.41, 5.74) is 0.547. The summed E-state index contributed by atoms with van der Waals surface area (Å²) in [5, 5.41) is 9.29. The zero-order valence-electron chi connectivity index (χ0n) is 13.3. The number of oxazole rings is 1. The van der Waals surface area contributed by atoms with Crippen molar-refractivity contribution >= 4 is 11.1 Å². The number of nitriles is 1. The van der Waals surface area contributed by atoms with E-state index < -0.39 is 17.0 Å². The van der Waals surface area contributed by atoms with Crippen molar-refractivity contribution in [3.05, 3.63) is 66.9 Å². The van der Waals surface area contributed by atoms with Gasteiger partial charge in [0, 0.05) is 25.3 Å². The van der Waals surface area contributed by atoms with Crippen molar-refractivity contribution in [3.63, 3.8) is 0 Å². The topological polar surface area (TPSA) is 103 Å². The van der Waals surface area contributed by atoms with Gasteiger partial charge >= 0.3 is 11.4 Å². The maximum Gasteiger partial charge on any atom is 0.420 e. The van der Waals surface area contributed by atoms with Gasteiger partial charge in [-0.05, 0) is 25.0 Å². The van der Waals surface area contributed by atoms with E-state index in [9.17, 15) is 19.6 Å². The van der Waals surface area contributed by atoms with Crippen LogP contribution in [0.3, 0.4) is 0 Å². The molecule has 0 fully saturated rings. The van der Waals surface area contributed by atoms with Gasteiger partial charge in [0.05, 0.1) is 5.52 Å². The van der Waals surface area contributed by atoms with Crippen LogP contribution in [-0.4, -0.2) is 13.7 Å². The molecule has 0 unspecified atom stereocenters. The maximum atomic E-state index is 12.6. The number of hydrogen-bond acceptors (Lipinski definition) is 5. The molecule has 0 spiro atoms. The molecule has 1 aliphatic heterocycles. The number of rotatable bonds is 3. The van der Waals surface area contributed by atoms with Gasteiger partial charge < -0.3 is 4.42 Å². The fourth-order valence-electron chi connectivity index (χ4n) is 3.37. The van der Waals surface area contributed by atoms with Gasteiger partial charge in [0.2, 0.25) is 0 Å². The molecule has 25 heavy (non-hydrogen) atoms. The Bertz CT molecular complexity index is 1200. The summed E-state index contributed by atoms with van der Waals surface area (Å²) in [5.74, 6) is -0.545. The molecule has 8 heteroatoms. The van der Waals surface area contributed by atoms with Crippen LogP contribution in [0, 0.1) is 11.3 Å². The Morgan fingerprint density at radius 2 is 1.88 bits per heavy atom. The van der Waals surface area contributed by atoms with E-state index in [-0.39, 0.29) is 18.7 Å². The highest BCUT2D eigenvalue weighted by Crippen LogP contribution is 2.14. The van der Waals surface area contributed by atoms with Crippen molar-refractivity contribution < 1.29 is 4.42 Å². The molecule has 1 aliphatic rings. The SMILES string of the molecule is N#Cc1c2n(c(=O)n(CCn3c(=O)oc4ccccc43)c1=O)CCC2. The van der Waals surface area contributed by atoms with Crippen LogP contribution >= 0.6 is 0 Å². The maximum absolute atomic E-state index is 12.6. The lowest BCUT2D eigenvalue weighted by atomic mass is 10.2. The van der Waals surface area contributed by atoms with Crippen molar-refractivity contribution in [1.29, 1.82) is 5.26 Å². The summed E-state index contributed by atoms with van der Waals surface area (Å²) in [6, 6.07) is 8.86. The van der Waals surface area contributed by atoms with E-state index in [4.69, 9.17) is 4.42 Å². The van der Waals surface area contributed by atoms with E-state index in [1.807, 2.05) is 6.07 Å². The number of para-hydroxylation sites is 2. The van der Waals surface area contributed by atoms with Crippen LogP contribution in [-0.2, 0) is 26.1 Å². The first kappa shape index (κ1) is 15.2. The van der Waals surface area contributed by atoms with Crippen molar-refractivity contribution in [2.75, 3.05) is 0 Å². The third kappa shape index (κ3) is 2.24. The van der Waals surface area contributed by atoms with Gasteiger partial charge in [-0.25, -0.2) is 9.59 Å². The molecule has 0 bridgehead atoms. The first-order chi connectivity index (χ1) is 12.1. The van der Waals surface area contributed by atoms with Crippen LogP contribution < -0.4 is 17.0 Å². The standard InChI is InChI=1S/C17H14N4O4/c18-10-11-12-5-3-7-19(12)16(23)21(15(11)22)9-8-20-13-4-1-2-6-14(13)25-17(20)24/h1-2,4,6H,3,5,7-9H2. The first-order valence-electron chi connectivity index (χ1n) is 7.97. The van der Waals surface area contributed by atoms with E-state index in [1.165, 1.54) is 9.13 Å². The molecule has 8 nitrogen and oxygen atoms in total. The van der Waals surface area contributed by atoms with Crippen LogP contribution in [0.1, 0.15) is 17.7 Å². The normalized spacial score (nSPS) is 13.1. The highest BCUT2D eigenvalue weighted by molar-refractivity contribution is 5.72. The van der Waals surface area contributed by atoms with E-state index in [0.717, 1.165) is 11.0 Å². The van der Waals surface area contributed by atoms with Crippen LogP contribution in [0.15, 0.2) is 43.1 Å². The average Bonchev–Trinajstić information content (AvgIpc) is 3.20. The lowest BCUT2D eigenvalue weighted by Crippen LogP contribution is -2.42. The van der Waals surface area contributed by atoms with Crippen LogP contribution in [0.2, 0.25) is 0 Å². The molecular formula is C17H14N4O4. The minimum Gasteiger partial charge on any atom is -0.408 e. The number of aromatic nitrogens is 3. The second kappa shape index (κ2) is 5.63. The second-order valence-electron chi connectivity index (χ2n) is 5.92. The monoisotopic (exact) mass is 338 g/mol. The van der Waals surface area contributed by atoms with Crippen molar-refractivity contribution in [2.45, 2.75) is 32.5 Å². The largest absolute Gasteiger partial charge is 0.420 e. The van der Waals surface area contributed by atoms with E-state index in [2.05, 4.69) is 0 Å². The molecule has 3 heterocycles. The Hall–Kier alpha value is -3.34. The molecule has 0 amide bonds. The van der Waals surface area contributed by atoms with E-state index in [0.29, 0.717) is 29.8 Å². The summed E-state index contributed by atoms with van der Waals surface area (Å²) in [4.78, 5) is 37.1. The molecule has 126 valence electrons. The minimum atomic E-state index is -0.596. The molecule has 0 N–H and O–H groups in total. The van der Waals surface area contributed by atoms with Gasteiger partial charge in [-0.2, -0.15) is 5.26 Å². The van der Waals surface area contributed by atoms with E-state index in [1.54, 1.807) is 24.3 Å². The quantitative estimate of drug-likeness (QED) is 0.689. The molecular weight excluding hydrogens is 324 g/mol. The third-order valence-corrected chi connectivity index (χ3v) is 4.56. The van der Waals surface area contributed by atoms with Crippen molar-refractivity contribution in [3.8, 4) is 6.07 Å². The van der Waals surface area contributed by atoms with Crippen LogP contribution in [0.25, 0.3) is 11.1 Å². The van der Waals surface area contributed by atoms with Gasteiger partial charge in [0.1, 0.15) is 11.6 Å². The Balaban J connectivity index is 1.79. The fraction of sp³-hybridized carbons (Fsp3) is 0.294. The fourth-order valence-corrected chi connectivity index (χ4v) is 3.37. The van der Waals surface area contributed by atoms with Crippen molar-refractivity contribution in [2.24, 2.45) is 0 Å². The average molecular weight is 338 g/mol. The Morgan fingerprint density at radius 1 is 1.12 bits per heavy atom.